The standard InChI is InChI=1S/C17H28N2O4S/c1-15-3-5-17(6-4-15)24(20,21)19(11-12-23-14-13-22-2)16-7-9-18-10-8-16/h3-6,16,18H,7-14H2,1-2H3. The molecule has 1 aliphatic rings. The number of nitrogens with one attached hydrogen (secondary N) is 1. The largest absolute Gasteiger partial charge is 0.382 e. The number of hydrogen-bond donors (Lipinski definition) is 1. The third kappa shape index (κ3) is 5.26. The zero-order valence-corrected chi connectivity index (χ0v) is 15.3. The van der Waals surface area contributed by atoms with Gasteiger partial charge >= 0.3 is 0 Å². The van der Waals surface area contributed by atoms with Gasteiger partial charge in [-0.1, -0.05) is 17.7 Å². The predicted molar refractivity (Wildman–Crippen MR) is 93.7 cm³/mol. The molecule has 1 fully saturated rings. The molecule has 1 aromatic rings. The van der Waals surface area contributed by atoms with Crippen molar-refractivity contribution in [1.29, 1.82) is 0 Å². The Hall–Kier alpha value is -0.990. The molecule has 1 aliphatic heterocycles. The smallest absolute Gasteiger partial charge is 0.243 e. The van der Waals surface area contributed by atoms with E-state index in [9.17, 15) is 8.42 Å². The molecule has 1 N–H and O–H groups in total. The fourth-order valence-electron chi connectivity index (χ4n) is 2.84. The molecule has 0 aliphatic carbocycles. The topological polar surface area (TPSA) is 67.9 Å². The van der Waals surface area contributed by atoms with Crippen molar-refractivity contribution < 1.29 is 17.9 Å². The quantitative estimate of drug-likeness (QED) is 0.678. The fraction of sp³-hybridized carbons (Fsp3) is 0.647. The van der Waals surface area contributed by atoms with Gasteiger partial charge in [0.2, 0.25) is 10.0 Å². The Labute approximate surface area is 145 Å². The van der Waals surface area contributed by atoms with Crippen molar-refractivity contribution in [3.05, 3.63) is 29.8 Å². The fourth-order valence-corrected chi connectivity index (χ4v) is 4.51. The number of nitrogens with zero attached hydrogens (tertiary/aromatic N) is 1. The van der Waals surface area contributed by atoms with Gasteiger partial charge in [0, 0.05) is 19.7 Å². The maximum atomic E-state index is 13.1. The van der Waals surface area contributed by atoms with Gasteiger partial charge in [0.25, 0.3) is 0 Å². The van der Waals surface area contributed by atoms with Crippen LogP contribution in [0.4, 0.5) is 0 Å². The van der Waals surface area contributed by atoms with Crippen molar-refractivity contribution in [3.8, 4) is 0 Å². The Morgan fingerprint density at radius 3 is 2.42 bits per heavy atom. The lowest BCUT2D eigenvalue weighted by molar-refractivity contribution is 0.0613. The third-order valence-electron chi connectivity index (χ3n) is 4.23. The van der Waals surface area contributed by atoms with Gasteiger partial charge in [0.1, 0.15) is 0 Å². The summed E-state index contributed by atoms with van der Waals surface area (Å²) in [6.45, 7) is 5.36. The lowest BCUT2D eigenvalue weighted by Gasteiger charge is -2.33. The number of ether oxygens (including phenoxy) is 2. The summed E-state index contributed by atoms with van der Waals surface area (Å²) in [5, 5.41) is 3.28. The van der Waals surface area contributed by atoms with Crippen LogP contribution in [-0.4, -0.2) is 65.3 Å². The molecule has 0 radical (unpaired) electrons. The summed E-state index contributed by atoms with van der Waals surface area (Å²) in [6, 6.07) is 7.06. The van der Waals surface area contributed by atoms with E-state index in [-0.39, 0.29) is 6.04 Å². The summed E-state index contributed by atoms with van der Waals surface area (Å²) >= 11 is 0. The Kier molecular flexibility index (Phi) is 7.64. The highest BCUT2D eigenvalue weighted by Crippen LogP contribution is 2.22. The second-order valence-electron chi connectivity index (χ2n) is 6.02. The van der Waals surface area contributed by atoms with Crippen LogP contribution in [0.2, 0.25) is 0 Å². The van der Waals surface area contributed by atoms with Crippen LogP contribution in [0.15, 0.2) is 29.2 Å². The van der Waals surface area contributed by atoms with Crippen LogP contribution in [0.3, 0.4) is 0 Å². The molecule has 1 heterocycles. The number of aryl methyl sites for hydroxylation is 1. The number of rotatable bonds is 9. The zero-order valence-electron chi connectivity index (χ0n) is 14.5. The summed E-state index contributed by atoms with van der Waals surface area (Å²) in [6.07, 6.45) is 1.65. The molecule has 24 heavy (non-hydrogen) atoms. The van der Waals surface area contributed by atoms with Crippen LogP contribution in [0.1, 0.15) is 18.4 Å². The van der Waals surface area contributed by atoms with E-state index in [1.54, 1.807) is 23.5 Å². The van der Waals surface area contributed by atoms with Crippen molar-refractivity contribution >= 4 is 10.0 Å². The highest BCUT2D eigenvalue weighted by Gasteiger charge is 2.32. The third-order valence-corrected chi connectivity index (χ3v) is 6.20. The van der Waals surface area contributed by atoms with Gasteiger partial charge in [-0.3, -0.25) is 0 Å². The molecule has 0 aromatic heterocycles. The number of hydrogen-bond acceptors (Lipinski definition) is 5. The van der Waals surface area contributed by atoms with Crippen molar-refractivity contribution in [2.75, 3.05) is 46.6 Å². The van der Waals surface area contributed by atoms with Gasteiger partial charge in [0.15, 0.2) is 0 Å². The van der Waals surface area contributed by atoms with Crippen molar-refractivity contribution in [3.63, 3.8) is 0 Å². The van der Waals surface area contributed by atoms with Gasteiger partial charge in [-0.25, -0.2) is 8.42 Å². The van der Waals surface area contributed by atoms with Crippen LogP contribution in [-0.2, 0) is 19.5 Å². The molecule has 1 saturated heterocycles. The second-order valence-corrected chi connectivity index (χ2v) is 7.91. The van der Waals surface area contributed by atoms with Gasteiger partial charge < -0.3 is 14.8 Å². The molecule has 7 heteroatoms. The molecule has 0 atom stereocenters. The van der Waals surface area contributed by atoms with Crippen molar-refractivity contribution in [2.24, 2.45) is 0 Å². The SMILES string of the molecule is COCCOCCN(C1CCNCC1)S(=O)(=O)c1ccc(C)cc1. The van der Waals surface area contributed by atoms with E-state index in [0.717, 1.165) is 31.5 Å². The normalized spacial score (nSPS) is 16.6. The lowest BCUT2D eigenvalue weighted by Crippen LogP contribution is -2.47. The molecular weight excluding hydrogens is 328 g/mol. The highest BCUT2D eigenvalue weighted by molar-refractivity contribution is 7.89. The molecule has 136 valence electrons. The average Bonchev–Trinajstić information content (AvgIpc) is 2.59. The Balaban J connectivity index is 2.12. The van der Waals surface area contributed by atoms with Crippen LogP contribution in [0, 0.1) is 6.92 Å². The van der Waals surface area contributed by atoms with Gasteiger partial charge in [0.05, 0.1) is 24.7 Å². The molecule has 0 unspecified atom stereocenters. The molecule has 2 rings (SSSR count). The number of sulfonamides is 1. The molecule has 6 nitrogen and oxygen atoms in total. The minimum atomic E-state index is -3.52. The lowest BCUT2D eigenvalue weighted by atomic mass is 10.1. The minimum absolute atomic E-state index is 0.0172. The Bertz CT molecular complexity index is 583. The van der Waals surface area contributed by atoms with Crippen LogP contribution < -0.4 is 5.32 Å². The van der Waals surface area contributed by atoms with Crippen LogP contribution in [0.25, 0.3) is 0 Å². The zero-order chi connectivity index (χ0) is 17.4. The van der Waals surface area contributed by atoms with E-state index in [1.165, 1.54) is 0 Å². The highest BCUT2D eigenvalue weighted by atomic mass is 32.2. The molecule has 0 amide bonds. The van der Waals surface area contributed by atoms with E-state index in [1.807, 2.05) is 19.1 Å². The summed E-state index contributed by atoms with van der Waals surface area (Å²) < 4.78 is 38.2. The van der Waals surface area contributed by atoms with E-state index in [0.29, 0.717) is 31.3 Å². The Morgan fingerprint density at radius 2 is 1.79 bits per heavy atom. The van der Waals surface area contributed by atoms with Crippen molar-refractivity contribution in [1.82, 2.24) is 9.62 Å². The van der Waals surface area contributed by atoms with Gasteiger partial charge in [-0.05, 0) is 45.0 Å². The van der Waals surface area contributed by atoms with E-state index >= 15 is 0 Å². The van der Waals surface area contributed by atoms with Gasteiger partial charge in [-0.2, -0.15) is 4.31 Å². The van der Waals surface area contributed by atoms with Crippen molar-refractivity contribution in [2.45, 2.75) is 30.7 Å². The molecule has 1 aromatic carbocycles. The first-order chi connectivity index (χ1) is 11.6. The first kappa shape index (κ1) is 19.3. The van der Waals surface area contributed by atoms with Crippen LogP contribution in [0.5, 0.6) is 0 Å². The van der Waals surface area contributed by atoms with Crippen LogP contribution >= 0.6 is 0 Å². The average molecular weight is 356 g/mol. The van der Waals surface area contributed by atoms with E-state index in [2.05, 4.69) is 5.32 Å². The maximum absolute atomic E-state index is 13.1. The summed E-state index contributed by atoms with van der Waals surface area (Å²) in [4.78, 5) is 0.350. The monoisotopic (exact) mass is 356 g/mol. The minimum Gasteiger partial charge on any atom is -0.382 e. The predicted octanol–water partition coefficient (Wildman–Crippen LogP) is 1.40. The first-order valence-corrected chi connectivity index (χ1v) is 9.85. The molecule has 0 spiro atoms. The molecule has 0 bridgehead atoms. The Morgan fingerprint density at radius 1 is 1.12 bits per heavy atom. The van der Waals surface area contributed by atoms with E-state index < -0.39 is 10.0 Å². The summed E-state index contributed by atoms with van der Waals surface area (Å²) in [7, 11) is -1.90. The second kappa shape index (κ2) is 9.48. The molecular formula is C17H28N2O4S. The number of benzene rings is 1. The first-order valence-electron chi connectivity index (χ1n) is 8.41. The van der Waals surface area contributed by atoms with E-state index in [4.69, 9.17) is 9.47 Å². The summed E-state index contributed by atoms with van der Waals surface area (Å²) in [5.74, 6) is 0. The summed E-state index contributed by atoms with van der Waals surface area (Å²) in [5.41, 5.74) is 1.05. The number of piperidine rings is 1. The number of methoxy groups -OCH3 is 1. The maximum Gasteiger partial charge on any atom is 0.243 e. The molecule has 0 saturated carbocycles. The van der Waals surface area contributed by atoms with Gasteiger partial charge in [-0.15, -0.1) is 0 Å².